The lowest BCUT2D eigenvalue weighted by Crippen LogP contribution is -2.52. The third-order valence-electron chi connectivity index (χ3n) is 3.24. The summed E-state index contributed by atoms with van der Waals surface area (Å²) in [7, 11) is 1.44. The molecule has 0 N–H and O–H groups in total. The summed E-state index contributed by atoms with van der Waals surface area (Å²) >= 11 is 0. The summed E-state index contributed by atoms with van der Waals surface area (Å²) in [6, 6.07) is 0.652. The smallest absolute Gasteiger partial charge is 0.307 e. The number of carbonyl (C=O) groups is 1. The Morgan fingerprint density at radius 1 is 1.62 bits per heavy atom. The van der Waals surface area contributed by atoms with Crippen LogP contribution < -0.4 is 0 Å². The molecule has 4 heteroatoms. The highest BCUT2D eigenvalue weighted by Gasteiger charge is 2.30. The van der Waals surface area contributed by atoms with E-state index in [1.54, 1.807) is 0 Å². The van der Waals surface area contributed by atoms with Crippen LogP contribution in [0, 0.1) is 0 Å². The van der Waals surface area contributed by atoms with Crippen LogP contribution in [0.5, 0.6) is 0 Å². The second-order valence-electron chi connectivity index (χ2n) is 4.53. The first-order chi connectivity index (χ1) is 7.58. The van der Waals surface area contributed by atoms with Crippen molar-refractivity contribution in [3.05, 3.63) is 0 Å². The summed E-state index contributed by atoms with van der Waals surface area (Å²) in [5, 5.41) is 0. The zero-order valence-corrected chi connectivity index (χ0v) is 10.7. The summed E-state index contributed by atoms with van der Waals surface area (Å²) in [6.45, 7) is 7.98. The van der Waals surface area contributed by atoms with Crippen molar-refractivity contribution < 1.29 is 14.3 Å². The predicted molar refractivity (Wildman–Crippen MR) is 62.3 cm³/mol. The first-order valence-electron chi connectivity index (χ1n) is 6.02. The number of carbonyl (C=O) groups excluding carboxylic acids is 1. The number of hydrogen-bond donors (Lipinski definition) is 0. The van der Waals surface area contributed by atoms with Crippen LogP contribution in [0.25, 0.3) is 0 Å². The van der Waals surface area contributed by atoms with Crippen LogP contribution in [0.3, 0.4) is 0 Å². The number of hydrogen-bond acceptors (Lipinski definition) is 4. The molecule has 0 aromatic rings. The Hall–Kier alpha value is -0.610. The Morgan fingerprint density at radius 2 is 2.31 bits per heavy atom. The van der Waals surface area contributed by atoms with Crippen molar-refractivity contribution in [2.75, 3.05) is 20.3 Å². The van der Waals surface area contributed by atoms with Gasteiger partial charge in [0.2, 0.25) is 0 Å². The van der Waals surface area contributed by atoms with Crippen LogP contribution in [-0.4, -0.2) is 49.3 Å². The van der Waals surface area contributed by atoms with E-state index in [9.17, 15) is 4.79 Å². The second kappa shape index (κ2) is 6.21. The number of methoxy groups -OCH3 is 1. The number of morpholine rings is 1. The normalized spacial score (nSPS) is 28.8. The fourth-order valence-corrected chi connectivity index (χ4v) is 2.20. The van der Waals surface area contributed by atoms with Gasteiger partial charge in [0.15, 0.2) is 0 Å². The first kappa shape index (κ1) is 13.5. The number of nitrogens with zero attached hydrogens (tertiary/aromatic N) is 1. The molecule has 1 aliphatic rings. The van der Waals surface area contributed by atoms with Crippen molar-refractivity contribution in [2.24, 2.45) is 0 Å². The number of ether oxygens (including phenoxy) is 2. The van der Waals surface area contributed by atoms with Gasteiger partial charge in [-0.3, -0.25) is 9.69 Å². The van der Waals surface area contributed by atoms with Crippen LogP contribution in [0.1, 0.15) is 33.6 Å². The molecule has 0 aliphatic carbocycles. The average Bonchev–Trinajstić information content (AvgIpc) is 2.28. The van der Waals surface area contributed by atoms with Gasteiger partial charge in [0.1, 0.15) is 0 Å². The van der Waals surface area contributed by atoms with Gasteiger partial charge in [-0.05, 0) is 20.3 Å². The van der Waals surface area contributed by atoms with Crippen LogP contribution in [0.15, 0.2) is 0 Å². The van der Waals surface area contributed by atoms with Gasteiger partial charge in [0.25, 0.3) is 0 Å². The minimum absolute atomic E-state index is 0.138. The minimum atomic E-state index is -0.138. The molecule has 3 atom stereocenters. The van der Waals surface area contributed by atoms with Gasteiger partial charge in [-0.2, -0.15) is 0 Å². The first-order valence-corrected chi connectivity index (χ1v) is 6.02. The molecule has 1 heterocycles. The Balaban J connectivity index is 2.55. The Bertz CT molecular complexity index is 232. The molecular formula is C12H23NO3. The predicted octanol–water partition coefficient (Wildman–Crippen LogP) is 1.44. The average molecular weight is 229 g/mol. The summed E-state index contributed by atoms with van der Waals surface area (Å²) < 4.78 is 10.3. The van der Waals surface area contributed by atoms with E-state index in [1.807, 2.05) is 0 Å². The van der Waals surface area contributed by atoms with E-state index in [4.69, 9.17) is 9.47 Å². The maximum atomic E-state index is 11.3. The van der Waals surface area contributed by atoms with Gasteiger partial charge < -0.3 is 9.47 Å². The molecule has 1 aliphatic heterocycles. The molecule has 0 amide bonds. The van der Waals surface area contributed by atoms with E-state index in [1.165, 1.54) is 7.11 Å². The van der Waals surface area contributed by atoms with E-state index < -0.39 is 0 Å². The maximum absolute atomic E-state index is 11.3. The van der Waals surface area contributed by atoms with Crippen molar-refractivity contribution in [3.8, 4) is 0 Å². The molecule has 0 aromatic heterocycles. The molecule has 0 saturated carbocycles. The fraction of sp³-hybridized carbons (Fsp3) is 0.917. The molecule has 94 valence electrons. The highest BCUT2D eigenvalue weighted by Crippen LogP contribution is 2.19. The van der Waals surface area contributed by atoms with Crippen LogP contribution in [0.4, 0.5) is 0 Å². The Kier molecular flexibility index (Phi) is 5.22. The zero-order chi connectivity index (χ0) is 12.1. The third-order valence-corrected chi connectivity index (χ3v) is 3.24. The van der Waals surface area contributed by atoms with E-state index in [0.717, 1.165) is 19.6 Å². The van der Waals surface area contributed by atoms with E-state index in [-0.39, 0.29) is 18.1 Å². The molecule has 3 unspecified atom stereocenters. The van der Waals surface area contributed by atoms with Gasteiger partial charge in [-0.1, -0.05) is 6.92 Å². The van der Waals surface area contributed by atoms with Gasteiger partial charge in [-0.25, -0.2) is 0 Å². The zero-order valence-electron chi connectivity index (χ0n) is 10.7. The Morgan fingerprint density at radius 3 is 2.88 bits per heavy atom. The molecule has 4 nitrogen and oxygen atoms in total. The highest BCUT2D eigenvalue weighted by atomic mass is 16.5. The van der Waals surface area contributed by atoms with Crippen molar-refractivity contribution in [1.82, 2.24) is 4.90 Å². The van der Waals surface area contributed by atoms with E-state index in [2.05, 4.69) is 25.7 Å². The lowest BCUT2D eigenvalue weighted by atomic mass is 10.1. The van der Waals surface area contributed by atoms with Crippen LogP contribution in [-0.2, 0) is 14.3 Å². The molecular weight excluding hydrogens is 206 g/mol. The standard InChI is InChI=1S/C12H23NO3/c1-5-11-8-16-10(3)7-13(11)9(2)6-12(14)15-4/h9-11H,5-8H2,1-4H3. The lowest BCUT2D eigenvalue weighted by molar-refractivity contribution is -0.143. The van der Waals surface area contributed by atoms with Crippen LogP contribution in [0.2, 0.25) is 0 Å². The molecule has 1 fully saturated rings. The van der Waals surface area contributed by atoms with Gasteiger partial charge in [0, 0.05) is 18.6 Å². The van der Waals surface area contributed by atoms with Crippen LogP contribution >= 0.6 is 0 Å². The maximum Gasteiger partial charge on any atom is 0.307 e. The third kappa shape index (κ3) is 3.46. The van der Waals surface area contributed by atoms with E-state index in [0.29, 0.717) is 12.5 Å². The minimum Gasteiger partial charge on any atom is -0.469 e. The summed E-state index contributed by atoms with van der Waals surface area (Å²) in [6.07, 6.45) is 1.76. The molecule has 1 saturated heterocycles. The SMILES string of the molecule is CCC1COC(C)CN1C(C)CC(=O)OC. The second-order valence-corrected chi connectivity index (χ2v) is 4.53. The van der Waals surface area contributed by atoms with Gasteiger partial charge in [0.05, 0.1) is 26.2 Å². The molecule has 0 radical (unpaired) electrons. The lowest BCUT2D eigenvalue weighted by Gasteiger charge is -2.41. The summed E-state index contributed by atoms with van der Waals surface area (Å²) in [4.78, 5) is 13.6. The van der Waals surface area contributed by atoms with E-state index >= 15 is 0 Å². The van der Waals surface area contributed by atoms with Gasteiger partial charge in [-0.15, -0.1) is 0 Å². The van der Waals surface area contributed by atoms with Gasteiger partial charge >= 0.3 is 5.97 Å². The summed E-state index contributed by atoms with van der Waals surface area (Å²) in [5.41, 5.74) is 0. The monoisotopic (exact) mass is 229 g/mol. The number of esters is 1. The van der Waals surface area contributed by atoms with Crippen molar-refractivity contribution in [2.45, 2.75) is 51.8 Å². The molecule has 0 spiro atoms. The quantitative estimate of drug-likeness (QED) is 0.684. The topological polar surface area (TPSA) is 38.8 Å². The summed E-state index contributed by atoms with van der Waals surface area (Å²) in [5.74, 6) is -0.138. The largest absolute Gasteiger partial charge is 0.469 e. The van der Waals surface area contributed by atoms with Crippen molar-refractivity contribution >= 4 is 5.97 Å². The highest BCUT2D eigenvalue weighted by molar-refractivity contribution is 5.69. The molecule has 0 aromatic carbocycles. The fourth-order valence-electron chi connectivity index (χ4n) is 2.20. The number of rotatable bonds is 4. The van der Waals surface area contributed by atoms with Crippen molar-refractivity contribution in [3.63, 3.8) is 0 Å². The van der Waals surface area contributed by atoms with Crippen molar-refractivity contribution in [1.29, 1.82) is 0 Å². The Labute approximate surface area is 97.9 Å². The molecule has 0 bridgehead atoms. The molecule has 1 rings (SSSR count). The molecule has 16 heavy (non-hydrogen) atoms.